The van der Waals surface area contributed by atoms with Gasteiger partial charge in [-0.2, -0.15) is 0 Å². The third kappa shape index (κ3) is 7.48. The molecule has 1 fully saturated rings. The number of carbonyl (C=O) groups is 3. The largest absolute Gasteiger partial charge is 0.457 e. The first-order chi connectivity index (χ1) is 17.9. The number of morpholine rings is 1. The van der Waals surface area contributed by atoms with Gasteiger partial charge in [0, 0.05) is 36.7 Å². The van der Waals surface area contributed by atoms with Crippen LogP contribution in [0.25, 0.3) is 0 Å². The average molecular weight is 508 g/mol. The Balaban J connectivity index is 1.31. The van der Waals surface area contributed by atoms with Crippen molar-refractivity contribution in [2.24, 2.45) is 0 Å². The Morgan fingerprint density at radius 2 is 1.65 bits per heavy atom. The average Bonchev–Trinajstić information content (AvgIpc) is 2.88. The first-order valence-corrected chi connectivity index (χ1v) is 11.6. The standard InChI is InChI=1S/C26H26FN5O5/c1-17-14-20(37-21-8-9-28-23(15-21)31-26(35)32-10-12-36-13-11-32)6-7-22(17)30-25(34)16-24(33)29-19-4-2-18(27)3-5-19/h2-9,14-15H,10-13,16H2,1H3,(H,29,33)(H,30,34)(H,28,31,35). The van der Waals surface area contributed by atoms with Gasteiger partial charge in [0.05, 0.1) is 13.2 Å². The van der Waals surface area contributed by atoms with Crippen molar-refractivity contribution < 1.29 is 28.2 Å². The lowest BCUT2D eigenvalue weighted by molar-refractivity contribution is -0.123. The number of anilines is 3. The van der Waals surface area contributed by atoms with E-state index in [9.17, 15) is 18.8 Å². The fourth-order valence-electron chi connectivity index (χ4n) is 3.55. The fourth-order valence-corrected chi connectivity index (χ4v) is 3.55. The summed E-state index contributed by atoms with van der Waals surface area (Å²) < 4.78 is 24.1. The van der Waals surface area contributed by atoms with Crippen molar-refractivity contribution >= 4 is 35.0 Å². The lowest BCUT2D eigenvalue weighted by Crippen LogP contribution is -2.43. The quantitative estimate of drug-likeness (QED) is 0.413. The molecule has 10 nitrogen and oxygen atoms in total. The van der Waals surface area contributed by atoms with E-state index in [4.69, 9.17) is 9.47 Å². The van der Waals surface area contributed by atoms with Crippen LogP contribution >= 0.6 is 0 Å². The van der Waals surface area contributed by atoms with Crippen molar-refractivity contribution in [1.82, 2.24) is 9.88 Å². The highest BCUT2D eigenvalue weighted by atomic mass is 19.1. The van der Waals surface area contributed by atoms with Gasteiger partial charge in [-0.15, -0.1) is 0 Å². The van der Waals surface area contributed by atoms with Crippen LogP contribution in [0.5, 0.6) is 11.5 Å². The van der Waals surface area contributed by atoms with Crippen molar-refractivity contribution in [3.8, 4) is 11.5 Å². The van der Waals surface area contributed by atoms with Crippen LogP contribution in [0.2, 0.25) is 0 Å². The van der Waals surface area contributed by atoms with Gasteiger partial charge in [-0.25, -0.2) is 14.2 Å². The van der Waals surface area contributed by atoms with Crippen LogP contribution in [0.3, 0.4) is 0 Å². The molecular weight excluding hydrogens is 481 g/mol. The number of benzene rings is 2. The number of aromatic nitrogens is 1. The molecule has 11 heteroatoms. The number of amides is 4. The van der Waals surface area contributed by atoms with Gasteiger partial charge in [-0.05, 0) is 61.0 Å². The molecule has 0 spiro atoms. The van der Waals surface area contributed by atoms with Gasteiger partial charge in [0.25, 0.3) is 0 Å². The van der Waals surface area contributed by atoms with Crippen molar-refractivity contribution in [2.45, 2.75) is 13.3 Å². The van der Waals surface area contributed by atoms with Crippen molar-refractivity contribution in [2.75, 3.05) is 42.3 Å². The molecule has 2 heterocycles. The van der Waals surface area contributed by atoms with Crippen molar-refractivity contribution in [3.63, 3.8) is 0 Å². The van der Waals surface area contributed by atoms with E-state index >= 15 is 0 Å². The predicted molar refractivity (Wildman–Crippen MR) is 135 cm³/mol. The van der Waals surface area contributed by atoms with E-state index in [1.807, 2.05) is 0 Å². The van der Waals surface area contributed by atoms with Crippen LogP contribution in [0.15, 0.2) is 60.8 Å². The van der Waals surface area contributed by atoms with Crippen LogP contribution < -0.4 is 20.7 Å². The molecule has 1 aliphatic rings. The maximum atomic E-state index is 13.0. The molecular formula is C26H26FN5O5. The number of halogens is 1. The fraction of sp³-hybridized carbons (Fsp3) is 0.231. The number of hydrogen-bond donors (Lipinski definition) is 3. The molecule has 37 heavy (non-hydrogen) atoms. The number of carbonyl (C=O) groups excluding carboxylic acids is 3. The van der Waals surface area contributed by atoms with Crippen LogP contribution in [0.4, 0.5) is 26.4 Å². The highest BCUT2D eigenvalue weighted by Crippen LogP contribution is 2.27. The molecule has 0 atom stereocenters. The van der Waals surface area contributed by atoms with Gasteiger partial charge in [0.1, 0.15) is 29.6 Å². The molecule has 192 valence electrons. The Morgan fingerprint density at radius 3 is 2.38 bits per heavy atom. The Kier molecular flexibility index (Phi) is 8.26. The molecule has 3 N–H and O–H groups in total. The molecule has 0 unspecified atom stereocenters. The molecule has 4 rings (SSSR count). The predicted octanol–water partition coefficient (Wildman–Crippen LogP) is 4.15. The number of urea groups is 1. The van der Waals surface area contributed by atoms with E-state index < -0.39 is 24.1 Å². The summed E-state index contributed by atoms with van der Waals surface area (Å²) in [6.07, 6.45) is 1.13. The van der Waals surface area contributed by atoms with Crippen molar-refractivity contribution in [1.29, 1.82) is 0 Å². The number of nitrogens with one attached hydrogen (secondary N) is 3. The van der Waals surface area contributed by atoms with E-state index in [-0.39, 0.29) is 6.03 Å². The first kappa shape index (κ1) is 25.6. The van der Waals surface area contributed by atoms with Gasteiger partial charge in [-0.3, -0.25) is 14.9 Å². The minimum Gasteiger partial charge on any atom is -0.457 e. The Morgan fingerprint density at radius 1 is 0.946 bits per heavy atom. The first-order valence-electron chi connectivity index (χ1n) is 11.6. The van der Waals surface area contributed by atoms with Gasteiger partial charge in [0.2, 0.25) is 11.8 Å². The monoisotopic (exact) mass is 507 g/mol. The maximum Gasteiger partial charge on any atom is 0.323 e. The molecule has 1 saturated heterocycles. The Hall–Kier alpha value is -4.51. The normalized spacial score (nSPS) is 13.0. The number of aryl methyl sites for hydroxylation is 1. The summed E-state index contributed by atoms with van der Waals surface area (Å²) in [7, 11) is 0. The Labute approximate surface area is 212 Å². The zero-order valence-corrected chi connectivity index (χ0v) is 20.1. The molecule has 3 aromatic rings. The van der Waals surface area contributed by atoms with E-state index in [2.05, 4.69) is 20.9 Å². The van der Waals surface area contributed by atoms with E-state index in [1.54, 1.807) is 42.2 Å². The second-order valence-electron chi connectivity index (χ2n) is 8.27. The van der Waals surface area contributed by atoms with Gasteiger partial charge in [0.15, 0.2) is 0 Å². The second kappa shape index (κ2) is 12.0. The van der Waals surface area contributed by atoms with Crippen molar-refractivity contribution in [3.05, 3.63) is 72.2 Å². The zero-order valence-electron chi connectivity index (χ0n) is 20.1. The second-order valence-corrected chi connectivity index (χ2v) is 8.27. The molecule has 0 bridgehead atoms. The van der Waals surface area contributed by atoms with Crippen LogP contribution in [-0.2, 0) is 14.3 Å². The summed E-state index contributed by atoms with van der Waals surface area (Å²) in [5.74, 6) is -0.0868. The topological polar surface area (TPSA) is 122 Å². The zero-order chi connectivity index (χ0) is 26.2. The summed E-state index contributed by atoms with van der Waals surface area (Å²) in [4.78, 5) is 42.6. The number of nitrogens with zero attached hydrogens (tertiary/aromatic N) is 2. The van der Waals surface area contributed by atoms with Crippen LogP contribution in [0, 0.1) is 12.7 Å². The minimum absolute atomic E-state index is 0.254. The van der Waals surface area contributed by atoms with Gasteiger partial charge < -0.3 is 25.0 Å². The van der Waals surface area contributed by atoms with E-state index in [0.29, 0.717) is 55.0 Å². The number of hydrogen-bond acceptors (Lipinski definition) is 6. The highest BCUT2D eigenvalue weighted by Gasteiger charge is 2.17. The molecule has 0 radical (unpaired) electrons. The molecule has 0 aliphatic carbocycles. The smallest absolute Gasteiger partial charge is 0.323 e. The third-order valence-electron chi connectivity index (χ3n) is 5.42. The summed E-state index contributed by atoms with van der Waals surface area (Å²) in [6, 6.07) is 13.4. The number of rotatable bonds is 7. The third-order valence-corrected chi connectivity index (χ3v) is 5.42. The molecule has 1 aromatic heterocycles. The lowest BCUT2D eigenvalue weighted by atomic mass is 10.2. The number of ether oxygens (including phenoxy) is 2. The molecule has 2 aromatic carbocycles. The van der Waals surface area contributed by atoms with E-state index in [1.165, 1.54) is 30.5 Å². The van der Waals surface area contributed by atoms with E-state index in [0.717, 1.165) is 5.56 Å². The lowest BCUT2D eigenvalue weighted by Gasteiger charge is -2.26. The minimum atomic E-state index is -0.518. The van der Waals surface area contributed by atoms with Gasteiger partial charge in [-0.1, -0.05) is 0 Å². The summed E-state index contributed by atoms with van der Waals surface area (Å²) in [5, 5.41) is 8.00. The summed E-state index contributed by atoms with van der Waals surface area (Å²) in [6.45, 7) is 3.83. The maximum absolute atomic E-state index is 13.0. The number of pyridine rings is 1. The Bertz CT molecular complexity index is 1280. The molecule has 0 saturated carbocycles. The molecule has 1 aliphatic heterocycles. The summed E-state index contributed by atoms with van der Waals surface area (Å²) >= 11 is 0. The van der Waals surface area contributed by atoms with Crippen LogP contribution in [0.1, 0.15) is 12.0 Å². The summed E-state index contributed by atoms with van der Waals surface area (Å²) in [5.41, 5.74) is 1.65. The van der Waals surface area contributed by atoms with Crippen LogP contribution in [-0.4, -0.2) is 54.0 Å². The van der Waals surface area contributed by atoms with Gasteiger partial charge >= 0.3 is 6.03 Å². The SMILES string of the molecule is Cc1cc(Oc2ccnc(NC(=O)N3CCOCC3)c2)ccc1NC(=O)CC(=O)Nc1ccc(F)cc1. The highest BCUT2D eigenvalue weighted by molar-refractivity contribution is 6.08. The molecule has 4 amide bonds.